The van der Waals surface area contributed by atoms with Crippen molar-refractivity contribution in [2.75, 3.05) is 7.11 Å². The predicted molar refractivity (Wildman–Crippen MR) is 58.8 cm³/mol. The van der Waals surface area contributed by atoms with Crippen LogP contribution in [0.15, 0.2) is 29.2 Å². The minimum atomic E-state index is -3.93. The average molecular weight is 259 g/mol. The Labute approximate surface area is 97.7 Å². The van der Waals surface area contributed by atoms with Crippen molar-refractivity contribution in [1.82, 2.24) is 0 Å². The van der Waals surface area contributed by atoms with Gasteiger partial charge in [0.2, 0.25) is 10.0 Å². The molecular formula is C10H10FNO4S. The van der Waals surface area contributed by atoms with Crippen molar-refractivity contribution in [2.45, 2.75) is 4.90 Å². The third-order valence-corrected chi connectivity index (χ3v) is 2.81. The van der Waals surface area contributed by atoms with E-state index in [9.17, 15) is 17.6 Å². The highest BCUT2D eigenvalue weighted by atomic mass is 32.2. The van der Waals surface area contributed by atoms with E-state index in [1.54, 1.807) is 0 Å². The number of rotatable bonds is 3. The molecule has 0 radical (unpaired) electrons. The number of esters is 1. The molecule has 0 aromatic heterocycles. The number of ether oxygens (including phenoxy) is 1. The molecule has 0 aliphatic carbocycles. The Kier molecular flexibility index (Phi) is 3.97. The Morgan fingerprint density at radius 3 is 2.59 bits per heavy atom. The van der Waals surface area contributed by atoms with Gasteiger partial charge in [0.05, 0.1) is 12.0 Å². The summed E-state index contributed by atoms with van der Waals surface area (Å²) in [6, 6.07) is 3.14. The van der Waals surface area contributed by atoms with Gasteiger partial charge in [-0.3, -0.25) is 0 Å². The number of halogens is 1. The van der Waals surface area contributed by atoms with Crippen LogP contribution in [0.5, 0.6) is 0 Å². The molecule has 1 aromatic rings. The van der Waals surface area contributed by atoms with Gasteiger partial charge in [-0.2, -0.15) is 0 Å². The van der Waals surface area contributed by atoms with E-state index < -0.39 is 21.8 Å². The Balaban J connectivity index is 3.07. The molecule has 2 N–H and O–H groups in total. The van der Waals surface area contributed by atoms with Gasteiger partial charge in [0.25, 0.3) is 0 Å². The van der Waals surface area contributed by atoms with Gasteiger partial charge in [-0.1, -0.05) is 6.07 Å². The monoisotopic (exact) mass is 259 g/mol. The molecule has 0 heterocycles. The fourth-order valence-electron chi connectivity index (χ4n) is 1.05. The van der Waals surface area contributed by atoms with Crippen molar-refractivity contribution in [3.63, 3.8) is 0 Å². The molecule has 1 rings (SSSR count). The molecule has 17 heavy (non-hydrogen) atoms. The molecule has 0 spiro atoms. The van der Waals surface area contributed by atoms with E-state index in [2.05, 4.69) is 4.74 Å². The fourth-order valence-corrected chi connectivity index (χ4v) is 1.57. The average Bonchev–Trinajstić information content (AvgIpc) is 2.25. The molecule has 0 fully saturated rings. The molecule has 7 heteroatoms. The molecule has 0 unspecified atom stereocenters. The summed E-state index contributed by atoms with van der Waals surface area (Å²) in [6.07, 6.45) is 2.20. The Morgan fingerprint density at radius 2 is 2.12 bits per heavy atom. The second-order valence-corrected chi connectivity index (χ2v) is 4.65. The predicted octanol–water partition coefficient (Wildman–Crippen LogP) is 0.659. The molecule has 0 saturated carbocycles. The van der Waals surface area contributed by atoms with Crippen molar-refractivity contribution in [3.8, 4) is 0 Å². The first-order valence-corrected chi connectivity index (χ1v) is 5.97. The highest BCUT2D eigenvalue weighted by molar-refractivity contribution is 7.89. The maximum absolute atomic E-state index is 13.4. The van der Waals surface area contributed by atoms with Crippen LogP contribution in [0, 0.1) is 5.82 Å². The summed E-state index contributed by atoms with van der Waals surface area (Å²) in [5.74, 6) is -1.43. The van der Waals surface area contributed by atoms with E-state index in [0.29, 0.717) is 0 Å². The van der Waals surface area contributed by atoms with E-state index in [0.717, 1.165) is 18.2 Å². The Bertz CT molecular complexity index is 566. The molecule has 1 aromatic carbocycles. The Morgan fingerprint density at radius 1 is 1.47 bits per heavy atom. The van der Waals surface area contributed by atoms with Crippen LogP contribution >= 0.6 is 0 Å². The number of carbonyl (C=O) groups is 1. The smallest absolute Gasteiger partial charge is 0.330 e. The SMILES string of the molecule is COC(=O)C=Cc1ccc(S(N)(=O)=O)cc1F. The zero-order valence-electron chi connectivity index (χ0n) is 8.88. The third-order valence-electron chi connectivity index (χ3n) is 1.90. The number of hydrogen-bond donors (Lipinski definition) is 1. The van der Waals surface area contributed by atoms with Gasteiger partial charge in [-0.05, 0) is 18.2 Å². The van der Waals surface area contributed by atoms with Crippen LogP contribution in [-0.4, -0.2) is 21.5 Å². The molecular weight excluding hydrogens is 249 g/mol. The van der Waals surface area contributed by atoms with Crippen LogP contribution in [0.4, 0.5) is 4.39 Å². The van der Waals surface area contributed by atoms with E-state index in [-0.39, 0.29) is 10.5 Å². The summed E-state index contributed by atoms with van der Waals surface area (Å²) in [6.45, 7) is 0. The van der Waals surface area contributed by atoms with Gasteiger partial charge in [-0.15, -0.1) is 0 Å². The van der Waals surface area contributed by atoms with Crippen molar-refractivity contribution in [1.29, 1.82) is 0 Å². The zero-order valence-corrected chi connectivity index (χ0v) is 9.70. The molecule has 0 bridgehead atoms. The van der Waals surface area contributed by atoms with Crippen molar-refractivity contribution < 1.29 is 22.3 Å². The number of carbonyl (C=O) groups excluding carboxylic acids is 1. The molecule has 0 amide bonds. The standard InChI is InChI=1S/C10H10FNO4S/c1-16-10(13)5-3-7-2-4-8(6-9(7)11)17(12,14)15/h2-6H,1H3,(H2,12,14,15). The minimum Gasteiger partial charge on any atom is -0.466 e. The zero-order chi connectivity index (χ0) is 13.1. The number of benzene rings is 1. The lowest BCUT2D eigenvalue weighted by Gasteiger charge is -2.00. The lowest BCUT2D eigenvalue weighted by Crippen LogP contribution is -2.12. The van der Waals surface area contributed by atoms with Crippen molar-refractivity contribution in [2.24, 2.45) is 5.14 Å². The fraction of sp³-hybridized carbons (Fsp3) is 0.100. The van der Waals surface area contributed by atoms with Crippen molar-refractivity contribution >= 4 is 22.1 Å². The van der Waals surface area contributed by atoms with Gasteiger partial charge in [0, 0.05) is 11.6 Å². The summed E-state index contributed by atoms with van der Waals surface area (Å²) in [7, 11) is -2.75. The maximum atomic E-state index is 13.4. The summed E-state index contributed by atoms with van der Waals surface area (Å²) < 4.78 is 39.6. The second kappa shape index (κ2) is 5.07. The van der Waals surface area contributed by atoms with E-state index in [1.165, 1.54) is 19.3 Å². The molecule has 92 valence electrons. The summed E-state index contributed by atoms with van der Waals surface area (Å²) in [5, 5.41) is 4.83. The lowest BCUT2D eigenvalue weighted by molar-refractivity contribution is -0.134. The number of nitrogens with two attached hydrogens (primary N) is 1. The highest BCUT2D eigenvalue weighted by Crippen LogP contribution is 2.15. The van der Waals surface area contributed by atoms with Crippen LogP contribution in [0.1, 0.15) is 5.56 Å². The van der Waals surface area contributed by atoms with Gasteiger partial charge >= 0.3 is 5.97 Å². The molecule has 5 nitrogen and oxygen atoms in total. The molecule has 0 aliphatic heterocycles. The largest absolute Gasteiger partial charge is 0.466 e. The number of sulfonamides is 1. The van der Waals surface area contributed by atoms with Crippen molar-refractivity contribution in [3.05, 3.63) is 35.7 Å². The third kappa shape index (κ3) is 3.65. The number of hydrogen-bond acceptors (Lipinski definition) is 4. The van der Waals surface area contributed by atoms with E-state index in [1.807, 2.05) is 0 Å². The first kappa shape index (κ1) is 13.3. The summed E-state index contributed by atoms with van der Waals surface area (Å²) >= 11 is 0. The van der Waals surface area contributed by atoms with E-state index in [4.69, 9.17) is 5.14 Å². The quantitative estimate of drug-likeness (QED) is 0.638. The normalized spacial score (nSPS) is 11.7. The first-order chi connectivity index (χ1) is 7.84. The number of methoxy groups -OCH3 is 1. The van der Waals surface area contributed by atoms with Crippen LogP contribution in [0.25, 0.3) is 6.08 Å². The van der Waals surface area contributed by atoms with Crippen LogP contribution in [0.2, 0.25) is 0 Å². The lowest BCUT2D eigenvalue weighted by atomic mass is 10.2. The highest BCUT2D eigenvalue weighted by Gasteiger charge is 2.10. The van der Waals surface area contributed by atoms with Crippen LogP contribution < -0.4 is 5.14 Å². The Hall–Kier alpha value is -1.73. The minimum absolute atomic E-state index is 0.0581. The summed E-state index contributed by atoms with van der Waals surface area (Å²) in [5.41, 5.74) is 0.0581. The summed E-state index contributed by atoms with van der Waals surface area (Å²) in [4.78, 5) is 10.4. The second-order valence-electron chi connectivity index (χ2n) is 3.08. The van der Waals surface area contributed by atoms with Gasteiger partial charge in [0.15, 0.2) is 0 Å². The molecule has 0 aliphatic rings. The van der Waals surface area contributed by atoms with Gasteiger partial charge in [-0.25, -0.2) is 22.7 Å². The molecule has 0 atom stereocenters. The van der Waals surface area contributed by atoms with Crippen LogP contribution in [0.3, 0.4) is 0 Å². The molecule has 0 saturated heterocycles. The van der Waals surface area contributed by atoms with Gasteiger partial charge < -0.3 is 4.74 Å². The number of primary sulfonamides is 1. The maximum Gasteiger partial charge on any atom is 0.330 e. The van der Waals surface area contributed by atoms with Gasteiger partial charge in [0.1, 0.15) is 5.82 Å². The van der Waals surface area contributed by atoms with Crippen LogP contribution in [-0.2, 0) is 19.6 Å². The topological polar surface area (TPSA) is 86.5 Å². The van der Waals surface area contributed by atoms with E-state index >= 15 is 0 Å². The first-order valence-electron chi connectivity index (χ1n) is 4.43.